The number of carbonyl (C=O) groups excluding carboxylic acids is 3. The number of carbonyl (C=O) groups is 5. The zero-order chi connectivity index (χ0) is 22.7. The third kappa shape index (κ3) is 10.4. The number of aliphatic carboxylic acids is 2. The van der Waals surface area contributed by atoms with Crippen molar-refractivity contribution in [2.24, 2.45) is 11.7 Å². The average Bonchev–Trinajstić information content (AvgIpc) is 2.62. The molecule has 0 saturated carbocycles. The fourth-order valence-corrected chi connectivity index (χ4v) is 2.27. The lowest BCUT2D eigenvalue weighted by Gasteiger charge is -2.24. The van der Waals surface area contributed by atoms with E-state index in [9.17, 15) is 24.0 Å². The van der Waals surface area contributed by atoms with Crippen molar-refractivity contribution in [1.29, 1.82) is 0 Å². The molecule has 0 aliphatic carbocycles. The number of nitrogens with two attached hydrogens (primary N) is 1. The van der Waals surface area contributed by atoms with Crippen LogP contribution in [0.3, 0.4) is 0 Å². The number of amides is 3. The summed E-state index contributed by atoms with van der Waals surface area (Å²) in [6.45, 7) is 4.34. The fourth-order valence-electron chi connectivity index (χ4n) is 2.27. The third-order valence-corrected chi connectivity index (χ3v) is 3.89. The van der Waals surface area contributed by atoms with Gasteiger partial charge in [0.2, 0.25) is 17.7 Å². The van der Waals surface area contributed by atoms with E-state index in [1.165, 1.54) is 6.92 Å². The molecular formula is C17H30N4O8. The van der Waals surface area contributed by atoms with Gasteiger partial charge in [-0.15, -0.1) is 0 Å². The van der Waals surface area contributed by atoms with Crippen molar-refractivity contribution >= 4 is 29.7 Å². The summed E-state index contributed by atoms with van der Waals surface area (Å²) in [5.74, 6) is -4.84. The molecule has 0 aromatic rings. The molecule has 0 fully saturated rings. The average molecular weight is 418 g/mol. The van der Waals surface area contributed by atoms with Crippen molar-refractivity contribution in [1.82, 2.24) is 16.0 Å². The Hall–Kier alpha value is -2.73. The molecule has 8 N–H and O–H groups in total. The Morgan fingerprint density at radius 2 is 1.41 bits per heavy atom. The fraction of sp³-hybridized carbons (Fsp3) is 0.706. The van der Waals surface area contributed by atoms with Crippen LogP contribution in [0.5, 0.6) is 0 Å². The van der Waals surface area contributed by atoms with E-state index in [1.807, 2.05) is 13.8 Å². The first-order valence-corrected chi connectivity index (χ1v) is 9.11. The molecule has 12 heteroatoms. The van der Waals surface area contributed by atoms with E-state index in [0.29, 0.717) is 0 Å². The summed E-state index contributed by atoms with van der Waals surface area (Å²) in [5, 5.41) is 33.6. The maximum Gasteiger partial charge on any atom is 0.326 e. The lowest BCUT2D eigenvalue weighted by Crippen LogP contribution is -2.56. The van der Waals surface area contributed by atoms with Gasteiger partial charge in [0.25, 0.3) is 0 Å². The van der Waals surface area contributed by atoms with Crippen molar-refractivity contribution < 1.29 is 39.3 Å². The van der Waals surface area contributed by atoms with Crippen LogP contribution in [0, 0.1) is 5.92 Å². The van der Waals surface area contributed by atoms with Gasteiger partial charge in [0.15, 0.2) is 0 Å². The first kappa shape index (κ1) is 26.3. The van der Waals surface area contributed by atoms with Crippen molar-refractivity contribution in [3.8, 4) is 0 Å². The molecule has 0 heterocycles. The lowest BCUT2D eigenvalue weighted by molar-refractivity contribution is -0.143. The van der Waals surface area contributed by atoms with Gasteiger partial charge in [0, 0.05) is 6.42 Å². The van der Waals surface area contributed by atoms with Crippen LogP contribution in [0.15, 0.2) is 0 Å². The smallest absolute Gasteiger partial charge is 0.326 e. The molecule has 0 aliphatic rings. The van der Waals surface area contributed by atoms with Gasteiger partial charge in [0.05, 0.1) is 6.61 Å². The maximum absolute atomic E-state index is 12.5. The summed E-state index contributed by atoms with van der Waals surface area (Å²) in [7, 11) is 0. The van der Waals surface area contributed by atoms with Crippen LogP contribution in [0.2, 0.25) is 0 Å². The summed E-state index contributed by atoms with van der Waals surface area (Å²) >= 11 is 0. The van der Waals surface area contributed by atoms with Crippen LogP contribution < -0.4 is 21.7 Å². The summed E-state index contributed by atoms with van der Waals surface area (Å²) < 4.78 is 0. The second-order valence-electron chi connectivity index (χ2n) is 7.04. The normalized spacial score (nSPS) is 15.0. The van der Waals surface area contributed by atoms with E-state index in [2.05, 4.69) is 16.0 Å². The van der Waals surface area contributed by atoms with Gasteiger partial charge in [0.1, 0.15) is 24.2 Å². The van der Waals surface area contributed by atoms with Crippen molar-refractivity contribution in [3.63, 3.8) is 0 Å². The quantitative estimate of drug-likeness (QED) is 0.172. The van der Waals surface area contributed by atoms with Gasteiger partial charge >= 0.3 is 11.9 Å². The molecule has 166 valence electrons. The van der Waals surface area contributed by atoms with E-state index in [0.717, 1.165) is 0 Å². The molecule has 0 saturated heterocycles. The SMILES string of the molecule is CC(C)CC(NC(=O)C(N)CO)C(=O)NC(C)C(=O)NC(CCC(=O)O)C(=O)O. The number of aliphatic hydroxyl groups is 1. The number of hydrogen-bond donors (Lipinski definition) is 7. The predicted molar refractivity (Wildman–Crippen MR) is 100 cm³/mol. The molecule has 4 atom stereocenters. The molecule has 0 aliphatic heterocycles. The Morgan fingerprint density at radius 1 is 0.862 bits per heavy atom. The van der Waals surface area contributed by atoms with Crippen LogP contribution in [-0.2, 0) is 24.0 Å². The number of hydrogen-bond acceptors (Lipinski definition) is 7. The van der Waals surface area contributed by atoms with Crippen LogP contribution >= 0.6 is 0 Å². The molecule has 12 nitrogen and oxygen atoms in total. The van der Waals surface area contributed by atoms with Crippen LogP contribution in [0.1, 0.15) is 40.0 Å². The highest BCUT2D eigenvalue weighted by molar-refractivity contribution is 5.93. The van der Waals surface area contributed by atoms with Crippen LogP contribution in [0.4, 0.5) is 0 Å². The topological polar surface area (TPSA) is 208 Å². The molecule has 0 aromatic carbocycles. The first-order chi connectivity index (χ1) is 13.4. The second kappa shape index (κ2) is 12.7. The van der Waals surface area contributed by atoms with Gasteiger partial charge in [-0.2, -0.15) is 0 Å². The molecule has 29 heavy (non-hydrogen) atoms. The summed E-state index contributed by atoms with van der Waals surface area (Å²) in [5.41, 5.74) is 5.42. The molecule has 0 rings (SSSR count). The Labute approximate surface area is 168 Å². The van der Waals surface area contributed by atoms with Crippen molar-refractivity contribution in [2.75, 3.05) is 6.61 Å². The molecular weight excluding hydrogens is 388 g/mol. The Balaban J connectivity index is 5.00. The monoisotopic (exact) mass is 418 g/mol. The van der Waals surface area contributed by atoms with E-state index >= 15 is 0 Å². The minimum atomic E-state index is -1.42. The second-order valence-corrected chi connectivity index (χ2v) is 7.04. The number of carboxylic acid groups (broad SMARTS) is 2. The summed E-state index contributed by atoms with van der Waals surface area (Å²) in [6.07, 6.45) is -0.534. The molecule has 4 unspecified atom stereocenters. The maximum atomic E-state index is 12.5. The van der Waals surface area contributed by atoms with Crippen LogP contribution in [0.25, 0.3) is 0 Å². The first-order valence-electron chi connectivity index (χ1n) is 9.11. The zero-order valence-corrected chi connectivity index (χ0v) is 16.7. The van der Waals surface area contributed by atoms with Gasteiger partial charge < -0.3 is 37.0 Å². The van der Waals surface area contributed by atoms with Crippen LogP contribution in [-0.4, -0.2) is 75.8 Å². The largest absolute Gasteiger partial charge is 0.481 e. The molecule has 3 amide bonds. The lowest BCUT2D eigenvalue weighted by atomic mass is 10.0. The third-order valence-electron chi connectivity index (χ3n) is 3.89. The van der Waals surface area contributed by atoms with Gasteiger partial charge in [-0.3, -0.25) is 19.2 Å². The van der Waals surface area contributed by atoms with E-state index < -0.39 is 66.9 Å². The van der Waals surface area contributed by atoms with Gasteiger partial charge in [-0.1, -0.05) is 13.8 Å². The number of carboxylic acids is 2. The summed E-state index contributed by atoms with van der Waals surface area (Å²) in [6, 6.07) is -4.79. The minimum Gasteiger partial charge on any atom is -0.481 e. The standard InChI is InChI=1S/C17H30N4O8/c1-8(2)6-12(21-15(26)10(18)7-22)16(27)19-9(3)14(25)20-11(17(28)29)4-5-13(23)24/h8-12,22H,4-7,18H2,1-3H3,(H,19,27)(H,20,25)(H,21,26)(H,23,24)(H,28,29). The van der Waals surface area contributed by atoms with E-state index in [-0.39, 0.29) is 18.8 Å². The highest BCUT2D eigenvalue weighted by Crippen LogP contribution is 2.06. The molecule has 0 spiro atoms. The van der Waals surface area contributed by atoms with Gasteiger partial charge in [-0.25, -0.2) is 4.79 Å². The highest BCUT2D eigenvalue weighted by atomic mass is 16.4. The number of nitrogens with one attached hydrogen (secondary N) is 3. The van der Waals surface area contributed by atoms with E-state index in [4.69, 9.17) is 21.1 Å². The zero-order valence-electron chi connectivity index (χ0n) is 16.7. The van der Waals surface area contributed by atoms with Gasteiger partial charge in [-0.05, 0) is 25.7 Å². The number of rotatable bonds is 13. The Kier molecular flexibility index (Phi) is 11.5. The predicted octanol–water partition coefficient (Wildman–Crippen LogP) is -2.22. The number of aliphatic hydroxyl groups excluding tert-OH is 1. The Bertz CT molecular complexity index is 610. The molecule has 0 radical (unpaired) electrons. The van der Waals surface area contributed by atoms with E-state index in [1.54, 1.807) is 0 Å². The van der Waals surface area contributed by atoms with Crippen molar-refractivity contribution in [3.05, 3.63) is 0 Å². The Morgan fingerprint density at radius 3 is 1.86 bits per heavy atom. The molecule has 0 aromatic heterocycles. The summed E-state index contributed by atoms with van der Waals surface area (Å²) in [4.78, 5) is 58.3. The molecule has 0 bridgehead atoms. The van der Waals surface area contributed by atoms with Crippen molar-refractivity contribution in [2.45, 2.75) is 64.2 Å². The minimum absolute atomic E-state index is 0.00735. The highest BCUT2D eigenvalue weighted by Gasteiger charge is 2.28.